The van der Waals surface area contributed by atoms with E-state index in [2.05, 4.69) is 20.8 Å². The van der Waals surface area contributed by atoms with E-state index < -0.39 is 5.41 Å². The fraction of sp³-hybridized carbons (Fsp3) is 0.400. The van der Waals surface area contributed by atoms with Gasteiger partial charge in [0.2, 0.25) is 0 Å². The van der Waals surface area contributed by atoms with Crippen molar-refractivity contribution in [2.45, 2.75) is 45.4 Å². The summed E-state index contributed by atoms with van der Waals surface area (Å²) < 4.78 is 5.85. The summed E-state index contributed by atoms with van der Waals surface area (Å²) >= 11 is 0. The molecule has 0 heterocycles. The molecule has 4 nitrogen and oxygen atoms in total. The second-order valence-electron chi connectivity index (χ2n) is 7.81. The van der Waals surface area contributed by atoms with Gasteiger partial charge in [-0.2, -0.15) is 0 Å². The Labute approximate surface area is 143 Å². The fourth-order valence-electron chi connectivity index (χ4n) is 2.52. The summed E-state index contributed by atoms with van der Waals surface area (Å²) in [5.41, 5.74) is 1.20. The topological polar surface area (TPSA) is 69.9 Å². The van der Waals surface area contributed by atoms with E-state index in [0.29, 0.717) is 11.3 Å². The molecule has 130 valence electrons. The van der Waals surface area contributed by atoms with Crippen molar-refractivity contribution in [1.29, 1.82) is 0 Å². The molecule has 2 aromatic carbocycles. The van der Waals surface area contributed by atoms with Crippen LogP contribution in [-0.4, -0.2) is 21.9 Å². The first-order valence-electron chi connectivity index (χ1n) is 7.99. The molecule has 0 aliphatic carbocycles. The molecule has 0 fully saturated rings. The van der Waals surface area contributed by atoms with Crippen molar-refractivity contribution in [3.63, 3.8) is 0 Å². The van der Waals surface area contributed by atoms with Crippen LogP contribution in [-0.2, 0) is 10.8 Å². The molecule has 0 atom stereocenters. The Morgan fingerprint density at radius 2 is 1.50 bits per heavy atom. The van der Waals surface area contributed by atoms with E-state index in [-0.39, 0.29) is 29.3 Å². The van der Waals surface area contributed by atoms with Crippen molar-refractivity contribution < 1.29 is 20.1 Å². The standard InChI is InChI=1S/C20H26O4/c1-19(2,3)13-6-9-16(22)18(10-13)24-12-20(4,5)15-8-7-14(21)11-17(15)23/h6-11,21-23H,12H2,1-5H3. The lowest BCUT2D eigenvalue weighted by atomic mass is 9.84. The first-order valence-corrected chi connectivity index (χ1v) is 7.99. The molecule has 0 saturated carbocycles. The van der Waals surface area contributed by atoms with E-state index in [1.807, 2.05) is 26.0 Å². The maximum absolute atomic E-state index is 10.1. The highest BCUT2D eigenvalue weighted by atomic mass is 16.5. The van der Waals surface area contributed by atoms with Crippen molar-refractivity contribution in [2.75, 3.05) is 6.61 Å². The van der Waals surface area contributed by atoms with Gasteiger partial charge in [0.1, 0.15) is 11.5 Å². The Morgan fingerprint density at radius 3 is 2.08 bits per heavy atom. The summed E-state index contributed by atoms with van der Waals surface area (Å²) in [4.78, 5) is 0. The Balaban J connectivity index is 2.23. The highest BCUT2D eigenvalue weighted by Crippen LogP contribution is 2.36. The predicted molar refractivity (Wildman–Crippen MR) is 95.1 cm³/mol. The quantitative estimate of drug-likeness (QED) is 0.774. The molecule has 0 radical (unpaired) electrons. The van der Waals surface area contributed by atoms with Gasteiger partial charge in [0.05, 0.1) is 6.61 Å². The average molecular weight is 330 g/mol. The lowest BCUT2D eigenvalue weighted by molar-refractivity contribution is 0.228. The summed E-state index contributed by atoms with van der Waals surface area (Å²) in [5, 5.41) is 29.5. The number of hydrogen-bond acceptors (Lipinski definition) is 4. The molecule has 0 unspecified atom stereocenters. The molecule has 4 heteroatoms. The zero-order chi connectivity index (χ0) is 18.1. The molecular formula is C20H26O4. The van der Waals surface area contributed by atoms with Crippen LogP contribution in [0.5, 0.6) is 23.0 Å². The summed E-state index contributed by atoms with van der Waals surface area (Å²) in [6.45, 7) is 10.4. The number of aromatic hydroxyl groups is 3. The molecule has 0 amide bonds. The van der Waals surface area contributed by atoms with Gasteiger partial charge in [-0.3, -0.25) is 0 Å². The highest BCUT2D eigenvalue weighted by Gasteiger charge is 2.26. The van der Waals surface area contributed by atoms with Crippen LogP contribution < -0.4 is 4.74 Å². The minimum atomic E-state index is -0.498. The molecular weight excluding hydrogens is 304 g/mol. The maximum atomic E-state index is 10.1. The largest absolute Gasteiger partial charge is 0.508 e. The van der Waals surface area contributed by atoms with E-state index in [9.17, 15) is 15.3 Å². The molecule has 0 spiro atoms. The molecule has 0 aliphatic rings. The second kappa shape index (κ2) is 6.27. The molecule has 3 N–H and O–H groups in total. The lowest BCUT2D eigenvalue weighted by Crippen LogP contribution is -2.26. The van der Waals surface area contributed by atoms with E-state index in [4.69, 9.17) is 4.74 Å². The van der Waals surface area contributed by atoms with Crippen molar-refractivity contribution in [3.8, 4) is 23.0 Å². The number of rotatable bonds is 4. The van der Waals surface area contributed by atoms with Gasteiger partial charge in [0.15, 0.2) is 11.5 Å². The van der Waals surface area contributed by atoms with Gasteiger partial charge >= 0.3 is 0 Å². The van der Waals surface area contributed by atoms with E-state index in [1.54, 1.807) is 12.1 Å². The summed E-state index contributed by atoms with van der Waals surface area (Å²) in [6.07, 6.45) is 0. The van der Waals surface area contributed by atoms with Crippen LogP contribution in [0.15, 0.2) is 36.4 Å². The van der Waals surface area contributed by atoms with Gasteiger partial charge < -0.3 is 20.1 Å². The van der Waals surface area contributed by atoms with Crippen molar-refractivity contribution in [3.05, 3.63) is 47.5 Å². The SMILES string of the molecule is CC(C)(C)c1ccc(O)c(OCC(C)(C)c2ccc(O)cc2O)c1. The first kappa shape index (κ1) is 18.0. The predicted octanol–water partition coefficient (Wildman–Crippen LogP) is 4.46. The van der Waals surface area contributed by atoms with Crippen LogP contribution in [0.25, 0.3) is 0 Å². The smallest absolute Gasteiger partial charge is 0.161 e. The van der Waals surface area contributed by atoms with Gasteiger partial charge in [-0.05, 0) is 29.2 Å². The van der Waals surface area contributed by atoms with Crippen LogP contribution in [0, 0.1) is 0 Å². The number of ether oxygens (including phenoxy) is 1. The zero-order valence-corrected chi connectivity index (χ0v) is 14.9. The van der Waals surface area contributed by atoms with Crippen molar-refractivity contribution in [2.24, 2.45) is 0 Å². The third-order valence-electron chi connectivity index (χ3n) is 4.12. The molecule has 0 aromatic heterocycles. The lowest BCUT2D eigenvalue weighted by Gasteiger charge is -2.27. The number of benzene rings is 2. The molecule has 2 aromatic rings. The Hall–Kier alpha value is -2.36. The Kier molecular flexibility index (Phi) is 4.70. The van der Waals surface area contributed by atoms with Gasteiger partial charge in [0.25, 0.3) is 0 Å². The second-order valence-corrected chi connectivity index (χ2v) is 7.81. The van der Waals surface area contributed by atoms with Crippen LogP contribution in [0.1, 0.15) is 45.7 Å². The monoisotopic (exact) mass is 330 g/mol. The Morgan fingerprint density at radius 1 is 0.833 bits per heavy atom. The number of phenols is 3. The average Bonchev–Trinajstić information content (AvgIpc) is 2.44. The Bertz CT molecular complexity index is 727. The van der Waals surface area contributed by atoms with Crippen LogP contribution >= 0.6 is 0 Å². The van der Waals surface area contributed by atoms with Gasteiger partial charge in [-0.15, -0.1) is 0 Å². The minimum absolute atomic E-state index is 0.0171. The summed E-state index contributed by atoms with van der Waals surface area (Å²) in [5.74, 6) is 0.558. The van der Waals surface area contributed by atoms with Gasteiger partial charge in [-0.25, -0.2) is 0 Å². The normalized spacial score (nSPS) is 12.2. The van der Waals surface area contributed by atoms with Crippen LogP contribution in [0.3, 0.4) is 0 Å². The molecule has 0 aliphatic heterocycles. The van der Waals surface area contributed by atoms with Crippen molar-refractivity contribution >= 4 is 0 Å². The van der Waals surface area contributed by atoms with Crippen molar-refractivity contribution in [1.82, 2.24) is 0 Å². The zero-order valence-electron chi connectivity index (χ0n) is 14.9. The molecule has 0 bridgehead atoms. The van der Waals surface area contributed by atoms with E-state index in [0.717, 1.165) is 5.56 Å². The van der Waals surface area contributed by atoms with E-state index >= 15 is 0 Å². The minimum Gasteiger partial charge on any atom is -0.508 e. The third kappa shape index (κ3) is 3.94. The van der Waals surface area contributed by atoms with Crippen LogP contribution in [0.4, 0.5) is 0 Å². The van der Waals surface area contributed by atoms with Crippen LogP contribution in [0.2, 0.25) is 0 Å². The fourth-order valence-corrected chi connectivity index (χ4v) is 2.52. The number of phenolic OH excluding ortho intramolecular Hbond substituents is 3. The third-order valence-corrected chi connectivity index (χ3v) is 4.12. The van der Waals surface area contributed by atoms with E-state index in [1.165, 1.54) is 12.1 Å². The van der Waals surface area contributed by atoms with Gasteiger partial charge in [-0.1, -0.05) is 46.8 Å². The molecule has 0 saturated heterocycles. The van der Waals surface area contributed by atoms with Gasteiger partial charge in [0, 0.05) is 17.0 Å². The number of hydrogen-bond donors (Lipinski definition) is 3. The summed E-state index contributed by atoms with van der Waals surface area (Å²) in [7, 11) is 0. The maximum Gasteiger partial charge on any atom is 0.161 e. The molecule has 2 rings (SSSR count). The first-order chi connectivity index (χ1) is 11.0. The summed E-state index contributed by atoms with van der Waals surface area (Å²) in [6, 6.07) is 9.91. The highest BCUT2D eigenvalue weighted by molar-refractivity contribution is 5.45. The molecule has 24 heavy (non-hydrogen) atoms.